The summed E-state index contributed by atoms with van der Waals surface area (Å²) in [6.07, 6.45) is 18.5. The summed E-state index contributed by atoms with van der Waals surface area (Å²) in [4.78, 5) is 22.5. The molecule has 13 nitrogen and oxygen atoms in total. The van der Waals surface area contributed by atoms with E-state index in [9.17, 15) is 0 Å². The summed E-state index contributed by atoms with van der Waals surface area (Å²) in [5, 5.41) is 9.49. The molecule has 0 spiro atoms. The van der Waals surface area contributed by atoms with Gasteiger partial charge in [-0.3, -0.25) is 0 Å². The SMILES string of the molecule is C.CCc1cnc(N[C@@H]2CCC[C@](C)(N)C2)nc1-c1c[nH]c2ccccc12.CCc1cnc(N[C@@H]2CCC[C@](C)(N)C2)nc1-c1cn(-c2ccccc2)c2ccccc12.O=S=O.[Na+].[OH-]. The third-order valence-electron chi connectivity index (χ3n) is 12.0. The normalized spacial score (nSPS) is 20.2. The second kappa shape index (κ2) is 23.4. The standard InChI is InChI=1S/C27H31N5.C21H27N5.CH4.Na.O2S.H2O/c1-3-19-17-29-26(30-20-10-9-15-27(2,28)16-20)31-25(19)23-18-32(21-11-5-4-6-12-21)24-14-8-7-13-22(23)24;1-3-14-12-24-20(25-15-7-6-10-21(2,22)11-15)26-19(14)17-13-23-18-9-5-4-8-16(17)18;;;1-3-2;/h4-8,11-14,17-18,20H,3,9-10,15-16,28H2,1-2H3,(H,29,30,31);4-5,8-9,12-13,15,23H,3,6-7,10-11,22H2,1-2H3,(H,24,25,26);1H4;;;1H2/q;;;+1;;/p-1/t20-,27+;15-,21+;;;;/m11..../s1. The third kappa shape index (κ3) is 12.5. The molecule has 0 unspecified atom stereocenters. The summed E-state index contributed by atoms with van der Waals surface area (Å²) >= 11 is -0.750. The number of aromatic nitrogens is 6. The van der Waals surface area contributed by atoms with Crippen molar-refractivity contribution in [3.8, 4) is 28.2 Å². The number of nitrogens with zero attached hydrogens (tertiary/aromatic N) is 5. The quantitative estimate of drug-likeness (QED) is 0.0954. The van der Waals surface area contributed by atoms with Gasteiger partial charge in [-0.15, -0.1) is 0 Å². The van der Waals surface area contributed by atoms with Crippen molar-refractivity contribution in [3.05, 3.63) is 115 Å². The molecular weight excluding hydrogens is 832 g/mol. The summed E-state index contributed by atoms with van der Waals surface area (Å²) in [6.45, 7) is 8.59. The number of aryl methyl sites for hydroxylation is 2. The van der Waals surface area contributed by atoms with Crippen LogP contribution in [-0.2, 0) is 24.4 Å². The van der Waals surface area contributed by atoms with Crippen molar-refractivity contribution in [2.75, 3.05) is 10.6 Å². The maximum absolute atomic E-state index is 8.29. The van der Waals surface area contributed by atoms with Gasteiger partial charge in [0.1, 0.15) is 0 Å². The van der Waals surface area contributed by atoms with Crippen LogP contribution in [0, 0.1) is 0 Å². The molecule has 0 saturated heterocycles. The first-order chi connectivity index (χ1) is 29.5. The monoisotopic (exact) mass is 894 g/mol. The molecule has 0 bridgehead atoms. The zero-order chi connectivity index (χ0) is 43.0. The number of para-hydroxylation sites is 3. The number of hydrogen-bond acceptors (Lipinski definition) is 11. The molecule has 4 heterocycles. The van der Waals surface area contributed by atoms with Gasteiger partial charge >= 0.3 is 41.1 Å². The van der Waals surface area contributed by atoms with Gasteiger partial charge in [0, 0.05) is 81.1 Å². The molecular formula is C49H63N10NaO3S. The van der Waals surface area contributed by atoms with Crippen LogP contribution in [0.1, 0.15) is 97.6 Å². The largest absolute Gasteiger partial charge is 1.00 e. The topological polar surface area (TPSA) is 213 Å². The van der Waals surface area contributed by atoms with Gasteiger partial charge in [-0.1, -0.05) is 75.9 Å². The van der Waals surface area contributed by atoms with E-state index in [1.54, 1.807) is 0 Å². The van der Waals surface area contributed by atoms with Gasteiger partial charge in [-0.2, -0.15) is 8.42 Å². The van der Waals surface area contributed by atoms with Gasteiger partial charge in [0.05, 0.1) is 16.9 Å². The zero-order valence-corrected chi connectivity index (χ0v) is 39.9. The molecule has 9 rings (SSSR count). The fraction of sp³-hybridized carbons (Fsp3) is 0.388. The van der Waals surface area contributed by atoms with Crippen LogP contribution in [0.15, 0.2) is 104 Å². The van der Waals surface area contributed by atoms with Crippen molar-refractivity contribution >= 4 is 45.3 Å². The first kappa shape index (κ1) is 51.8. The molecule has 4 atom stereocenters. The molecule has 8 N–H and O–H groups in total. The average molecular weight is 895 g/mol. The first-order valence-corrected chi connectivity index (χ1v) is 22.1. The summed E-state index contributed by atoms with van der Waals surface area (Å²) in [6, 6.07) is 28.0. The van der Waals surface area contributed by atoms with Gasteiger partial charge in [0.15, 0.2) is 0 Å². The number of nitrogens with one attached hydrogen (secondary N) is 3. The van der Waals surface area contributed by atoms with Gasteiger partial charge in [-0.05, 0) is 113 Å². The van der Waals surface area contributed by atoms with Crippen LogP contribution in [0.4, 0.5) is 11.9 Å². The Bertz CT molecular complexity index is 2610. The van der Waals surface area contributed by atoms with Crippen LogP contribution < -0.4 is 51.7 Å². The molecule has 64 heavy (non-hydrogen) atoms. The van der Waals surface area contributed by atoms with E-state index < -0.39 is 11.6 Å². The van der Waals surface area contributed by atoms with Crippen molar-refractivity contribution in [1.29, 1.82) is 0 Å². The minimum atomic E-state index is -0.750. The Hall–Kier alpha value is -4.80. The number of nitrogens with two attached hydrogens (primary N) is 2. The van der Waals surface area contributed by atoms with Crippen LogP contribution in [-0.4, -0.2) is 66.5 Å². The molecule has 0 amide bonds. The number of aromatic amines is 1. The molecule has 7 aromatic rings. The van der Waals surface area contributed by atoms with Crippen LogP contribution >= 0.6 is 0 Å². The Morgan fingerprint density at radius 3 is 1.75 bits per heavy atom. The second-order valence-electron chi connectivity index (χ2n) is 17.1. The predicted octanol–water partition coefficient (Wildman–Crippen LogP) is 6.77. The van der Waals surface area contributed by atoms with E-state index in [1.165, 1.54) is 16.3 Å². The molecule has 3 aromatic carbocycles. The maximum atomic E-state index is 8.29. The molecule has 2 saturated carbocycles. The number of rotatable bonds is 9. The minimum Gasteiger partial charge on any atom is -0.870 e. The number of anilines is 2. The summed E-state index contributed by atoms with van der Waals surface area (Å²) < 4.78 is 18.8. The van der Waals surface area contributed by atoms with Gasteiger partial charge in [0.25, 0.3) is 0 Å². The Morgan fingerprint density at radius 1 is 0.734 bits per heavy atom. The van der Waals surface area contributed by atoms with Crippen molar-refractivity contribution in [1.82, 2.24) is 29.5 Å². The minimum absolute atomic E-state index is 0. The number of benzene rings is 3. The van der Waals surface area contributed by atoms with Gasteiger partial charge in [-0.25, -0.2) is 19.9 Å². The molecule has 334 valence electrons. The molecule has 0 radical (unpaired) electrons. The Labute approximate surface area is 403 Å². The van der Waals surface area contributed by atoms with Gasteiger partial charge in [0.2, 0.25) is 11.9 Å². The Balaban J connectivity index is 0.000000257. The summed E-state index contributed by atoms with van der Waals surface area (Å²) in [5.74, 6) is 1.39. The molecule has 2 aliphatic carbocycles. The van der Waals surface area contributed by atoms with E-state index in [0.29, 0.717) is 24.0 Å². The van der Waals surface area contributed by atoms with Crippen molar-refractivity contribution < 1.29 is 43.5 Å². The average Bonchev–Trinajstić information content (AvgIpc) is 3.86. The van der Waals surface area contributed by atoms with Crippen LogP contribution in [0.3, 0.4) is 0 Å². The van der Waals surface area contributed by atoms with Gasteiger partial charge < -0.3 is 37.1 Å². The molecule has 0 aliphatic heterocycles. The molecule has 15 heteroatoms. The third-order valence-corrected chi connectivity index (χ3v) is 12.0. The van der Waals surface area contributed by atoms with Crippen LogP contribution in [0.25, 0.3) is 50.0 Å². The predicted molar refractivity (Wildman–Crippen MR) is 257 cm³/mol. The first-order valence-electron chi connectivity index (χ1n) is 21.5. The van der Waals surface area contributed by atoms with E-state index in [1.807, 2.05) is 30.7 Å². The van der Waals surface area contributed by atoms with Crippen molar-refractivity contribution in [2.24, 2.45) is 11.5 Å². The zero-order valence-electron chi connectivity index (χ0n) is 37.1. The number of H-pyrrole nitrogens is 1. The smallest absolute Gasteiger partial charge is 0.870 e. The number of fused-ring (bicyclic) bond motifs is 2. The second-order valence-corrected chi connectivity index (χ2v) is 17.2. The summed E-state index contributed by atoms with van der Waals surface area (Å²) in [7, 11) is 0. The van der Waals surface area contributed by atoms with Crippen molar-refractivity contribution in [2.45, 2.75) is 122 Å². The van der Waals surface area contributed by atoms with Crippen molar-refractivity contribution in [3.63, 3.8) is 0 Å². The van der Waals surface area contributed by atoms with E-state index in [0.717, 1.165) is 109 Å². The molecule has 4 aromatic heterocycles. The molecule has 2 fully saturated rings. The Morgan fingerprint density at radius 2 is 1.22 bits per heavy atom. The molecule has 2 aliphatic rings. The fourth-order valence-corrected chi connectivity index (χ4v) is 9.02. The fourth-order valence-electron chi connectivity index (χ4n) is 9.02. The van der Waals surface area contributed by atoms with E-state index in [4.69, 9.17) is 29.9 Å². The van der Waals surface area contributed by atoms with E-state index >= 15 is 0 Å². The summed E-state index contributed by atoms with van der Waals surface area (Å²) in [5.41, 5.74) is 22.6. The van der Waals surface area contributed by atoms with E-state index in [-0.39, 0.29) is 53.5 Å². The maximum Gasteiger partial charge on any atom is 1.00 e. The van der Waals surface area contributed by atoms with Crippen LogP contribution in [0.5, 0.6) is 0 Å². The number of hydrogen-bond donors (Lipinski definition) is 5. The van der Waals surface area contributed by atoms with Crippen LogP contribution in [0.2, 0.25) is 0 Å². The van der Waals surface area contributed by atoms with E-state index in [2.05, 4.69) is 131 Å². The Kier molecular flexibility index (Phi) is 19.0.